The number of Topliss-reactive ketones (excluding diaryl/α,β-unsaturated/α-hetero) is 2. The number of carbonyl (C=O) groups excluding carboxylic acids is 2. The van der Waals surface area contributed by atoms with Crippen LogP contribution < -0.4 is 0 Å². The SMILES string of the molecule is CCCCC1(CCCC)c2cc(C#N)ccc2-c2ccc(C(=O)CC(C)=O)cc21. The third kappa shape index (κ3) is 3.90. The van der Waals surface area contributed by atoms with Crippen LogP contribution in [0.4, 0.5) is 0 Å². The zero-order valence-electron chi connectivity index (χ0n) is 17.7. The minimum atomic E-state index is -0.171. The molecule has 29 heavy (non-hydrogen) atoms. The van der Waals surface area contributed by atoms with E-state index in [0.717, 1.165) is 44.1 Å². The molecule has 3 rings (SSSR count). The molecule has 0 spiro atoms. The predicted molar refractivity (Wildman–Crippen MR) is 116 cm³/mol. The van der Waals surface area contributed by atoms with E-state index in [1.165, 1.54) is 23.6 Å². The lowest BCUT2D eigenvalue weighted by atomic mass is 9.70. The molecule has 0 heterocycles. The molecule has 0 fully saturated rings. The first kappa shape index (κ1) is 21.0. The summed E-state index contributed by atoms with van der Waals surface area (Å²) in [4.78, 5) is 24.1. The van der Waals surface area contributed by atoms with Crippen molar-refractivity contribution in [1.82, 2.24) is 0 Å². The van der Waals surface area contributed by atoms with E-state index in [4.69, 9.17) is 0 Å². The van der Waals surface area contributed by atoms with Crippen molar-refractivity contribution in [2.45, 2.75) is 71.1 Å². The molecule has 0 aromatic heterocycles. The van der Waals surface area contributed by atoms with Crippen LogP contribution in [0.15, 0.2) is 36.4 Å². The Bertz CT molecular complexity index is 973. The topological polar surface area (TPSA) is 57.9 Å². The van der Waals surface area contributed by atoms with Crippen LogP contribution in [0.2, 0.25) is 0 Å². The van der Waals surface area contributed by atoms with Crippen LogP contribution in [0.1, 0.15) is 92.8 Å². The summed E-state index contributed by atoms with van der Waals surface area (Å²) >= 11 is 0. The van der Waals surface area contributed by atoms with Crippen molar-refractivity contribution in [2.24, 2.45) is 0 Å². The summed E-state index contributed by atoms with van der Waals surface area (Å²) in [5.41, 5.74) is 5.89. The first-order valence-corrected chi connectivity index (χ1v) is 10.7. The Labute approximate surface area is 173 Å². The second-order valence-electron chi connectivity index (χ2n) is 8.22. The Morgan fingerprint density at radius 3 is 2.07 bits per heavy atom. The smallest absolute Gasteiger partial charge is 0.170 e. The van der Waals surface area contributed by atoms with Crippen LogP contribution in [-0.4, -0.2) is 11.6 Å². The van der Waals surface area contributed by atoms with Gasteiger partial charge in [0, 0.05) is 11.0 Å². The van der Waals surface area contributed by atoms with Gasteiger partial charge in [-0.3, -0.25) is 9.59 Å². The maximum atomic E-state index is 12.6. The minimum absolute atomic E-state index is 0.0543. The van der Waals surface area contributed by atoms with Gasteiger partial charge in [-0.2, -0.15) is 5.26 Å². The minimum Gasteiger partial charge on any atom is -0.300 e. The number of fused-ring (bicyclic) bond motifs is 3. The van der Waals surface area contributed by atoms with Crippen LogP contribution in [0, 0.1) is 11.3 Å². The highest BCUT2D eigenvalue weighted by atomic mass is 16.1. The Hall–Kier alpha value is -2.73. The molecule has 0 aliphatic heterocycles. The predicted octanol–water partition coefficient (Wildman–Crippen LogP) is 6.37. The van der Waals surface area contributed by atoms with E-state index in [0.29, 0.717) is 11.1 Å². The molecule has 0 saturated heterocycles. The summed E-state index contributed by atoms with van der Waals surface area (Å²) in [5, 5.41) is 9.48. The number of benzene rings is 2. The van der Waals surface area contributed by atoms with Gasteiger partial charge in [-0.25, -0.2) is 0 Å². The number of rotatable bonds is 9. The molecule has 0 amide bonds. The van der Waals surface area contributed by atoms with Crippen molar-refractivity contribution >= 4 is 11.6 Å². The third-order valence-corrected chi connectivity index (χ3v) is 6.14. The quantitative estimate of drug-likeness (QED) is 0.371. The van der Waals surface area contributed by atoms with Crippen LogP contribution >= 0.6 is 0 Å². The lowest BCUT2D eigenvalue weighted by molar-refractivity contribution is -0.116. The Kier molecular flexibility index (Phi) is 6.33. The van der Waals surface area contributed by atoms with Gasteiger partial charge in [-0.15, -0.1) is 0 Å². The number of ketones is 2. The van der Waals surface area contributed by atoms with Crippen molar-refractivity contribution in [3.63, 3.8) is 0 Å². The summed E-state index contributed by atoms with van der Waals surface area (Å²) < 4.78 is 0. The Morgan fingerprint density at radius 2 is 1.52 bits per heavy atom. The van der Waals surface area contributed by atoms with Gasteiger partial charge in [0.25, 0.3) is 0 Å². The summed E-state index contributed by atoms with van der Waals surface area (Å²) in [6.45, 7) is 5.85. The highest BCUT2D eigenvalue weighted by molar-refractivity contribution is 6.07. The highest BCUT2D eigenvalue weighted by Gasteiger charge is 2.42. The van der Waals surface area contributed by atoms with E-state index < -0.39 is 0 Å². The molecule has 0 radical (unpaired) electrons. The van der Waals surface area contributed by atoms with Crippen molar-refractivity contribution in [1.29, 1.82) is 5.26 Å². The lowest BCUT2D eigenvalue weighted by Gasteiger charge is -2.33. The lowest BCUT2D eigenvalue weighted by Crippen LogP contribution is -2.26. The van der Waals surface area contributed by atoms with E-state index in [9.17, 15) is 14.9 Å². The van der Waals surface area contributed by atoms with Crippen molar-refractivity contribution < 1.29 is 9.59 Å². The van der Waals surface area contributed by atoms with Gasteiger partial charge >= 0.3 is 0 Å². The Morgan fingerprint density at radius 1 is 0.931 bits per heavy atom. The van der Waals surface area contributed by atoms with Gasteiger partial charge in [0.05, 0.1) is 18.1 Å². The first-order valence-electron chi connectivity index (χ1n) is 10.7. The van der Waals surface area contributed by atoms with Crippen molar-refractivity contribution in [2.75, 3.05) is 0 Å². The second kappa shape index (κ2) is 8.74. The van der Waals surface area contributed by atoms with E-state index in [-0.39, 0.29) is 23.4 Å². The molecule has 3 nitrogen and oxygen atoms in total. The number of carbonyl (C=O) groups is 2. The summed E-state index contributed by atoms with van der Waals surface area (Å²) in [7, 11) is 0. The summed E-state index contributed by atoms with van der Waals surface area (Å²) in [6, 6.07) is 14.2. The van der Waals surface area contributed by atoms with Gasteiger partial charge in [0.1, 0.15) is 5.78 Å². The molecule has 0 bridgehead atoms. The molecule has 1 aliphatic rings. The van der Waals surface area contributed by atoms with Gasteiger partial charge in [-0.05, 0) is 60.2 Å². The van der Waals surface area contributed by atoms with Gasteiger partial charge < -0.3 is 0 Å². The normalized spacial score (nSPS) is 13.4. The molecular weight excluding hydrogens is 358 g/mol. The maximum Gasteiger partial charge on any atom is 0.170 e. The number of unbranched alkanes of at least 4 members (excludes halogenated alkanes) is 2. The highest BCUT2D eigenvalue weighted by Crippen LogP contribution is 2.54. The average molecular weight is 388 g/mol. The summed E-state index contributed by atoms with van der Waals surface area (Å²) in [5.74, 6) is -0.227. The monoisotopic (exact) mass is 387 g/mol. The fourth-order valence-electron chi connectivity index (χ4n) is 4.69. The van der Waals surface area contributed by atoms with Crippen LogP contribution in [0.25, 0.3) is 11.1 Å². The average Bonchev–Trinajstić information content (AvgIpc) is 2.99. The first-order chi connectivity index (χ1) is 14.0. The van der Waals surface area contributed by atoms with Gasteiger partial charge in [0.15, 0.2) is 5.78 Å². The molecule has 150 valence electrons. The van der Waals surface area contributed by atoms with E-state index >= 15 is 0 Å². The standard InChI is InChI=1S/C26H29NO2/c1-4-6-12-26(13-7-5-2)23-15-19(17-27)8-10-21(23)22-11-9-20(16-24(22)26)25(29)14-18(3)28/h8-11,15-16H,4-7,12-14H2,1-3H3. The van der Waals surface area contributed by atoms with E-state index in [2.05, 4.69) is 32.0 Å². The number of nitriles is 1. The molecule has 0 atom stereocenters. The molecule has 1 aliphatic carbocycles. The second-order valence-corrected chi connectivity index (χ2v) is 8.22. The number of hydrogen-bond donors (Lipinski definition) is 0. The summed E-state index contributed by atoms with van der Waals surface area (Å²) in [6.07, 6.45) is 6.32. The number of nitrogens with zero attached hydrogens (tertiary/aromatic N) is 1. The largest absolute Gasteiger partial charge is 0.300 e. The zero-order valence-corrected chi connectivity index (χ0v) is 17.7. The molecule has 2 aromatic rings. The Balaban J connectivity index is 2.21. The maximum absolute atomic E-state index is 12.6. The van der Waals surface area contributed by atoms with Crippen molar-refractivity contribution in [3.05, 3.63) is 58.7 Å². The fourth-order valence-corrected chi connectivity index (χ4v) is 4.69. The molecule has 0 N–H and O–H groups in total. The zero-order chi connectivity index (χ0) is 21.0. The molecule has 2 aromatic carbocycles. The number of hydrogen-bond acceptors (Lipinski definition) is 3. The van der Waals surface area contributed by atoms with Gasteiger partial charge in [-0.1, -0.05) is 57.7 Å². The van der Waals surface area contributed by atoms with Crippen LogP contribution in [-0.2, 0) is 10.2 Å². The van der Waals surface area contributed by atoms with Gasteiger partial charge in [0.2, 0.25) is 0 Å². The molecule has 0 saturated carbocycles. The molecular formula is C26H29NO2. The van der Waals surface area contributed by atoms with Crippen LogP contribution in [0.3, 0.4) is 0 Å². The van der Waals surface area contributed by atoms with Crippen LogP contribution in [0.5, 0.6) is 0 Å². The third-order valence-electron chi connectivity index (χ3n) is 6.14. The van der Waals surface area contributed by atoms with E-state index in [1.807, 2.05) is 24.3 Å². The fraction of sp³-hybridized carbons (Fsp3) is 0.423. The van der Waals surface area contributed by atoms with E-state index in [1.54, 1.807) is 0 Å². The van der Waals surface area contributed by atoms with Crippen molar-refractivity contribution in [3.8, 4) is 17.2 Å². The molecule has 0 unspecified atom stereocenters. The molecule has 3 heteroatoms.